The summed E-state index contributed by atoms with van der Waals surface area (Å²) in [5.74, 6) is 2.06. The van der Waals surface area contributed by atoms with Crippen LogP contribution in [0.5, 0.6) is 11.5 Å². The number of hydrogen-bond acceptors (Lipinski definition) is 4. The first kappa shape index (κ1) is 14.9. The molecule has 3 aromatic rings. The molecule has 0 aliphatic heterocycles. The minimum absolute atomic E-state index is 0.381. The maximum absolute atomic E-state index is 11.7. The number of ether oxygens (including phenoxy) is 2. The van der Waals surface area contributed by atoms with Crippen LogP contribution in [0.1, 0.15) is 0 Å². The zero-order valence-electron chi connectivity index (χ0n) is 12.9. The molecule has 0 saturated heterocycles. The van der Waals surface area contributed by atoms with E-state index in [2.05, 4.69) is 0 Å². The highest BCUT2D eigenvalue weighted by Gasteiger charge is 2.11. The monoisotopic (exact) mass is 308 g/mol. The summed E-state index contributed by atoms with van der Waals surface area (Å²) in [5, 5.41) is 0. The molecule has 3 rings (SSSR count). The van der Waals surface area contributed by atoms with Crippen LogP contribution in [-0.2, 0) is 0 Å². The summed E-state index contributed by atoms with van der Waals surface area (Å²) in [5.41, 5.74) is 2.22. The molecule has 2 aromatic carbocycles. The van der Waals surface area contributed by atoms with Crippen LogP contribution in [0.3, 0.4) is 0 Å². The van der Waals surface area contributed by atoms with Crippen molar-refractivity contribution in [1.82, 2.24) is 0 Å². The van der Waals surface area contributed by atoms with E-state index in [1.807, 2.05) is 48.5 Å². The normalized spacial score (nSPS) is 10.3. The van der Waals surface area contributed by atoms with Crippen molar-refractivity contribution >= 4 is 0 Å². The summed E-state index contributed by atoms with van der Waals surface area (Å²) in [4.78, 5) is 11.7. The van der Waals surface area contributed by atoms with Gasteiger partial charge in [-0.1, -0.05) is 12.1 Å². The van der Waals surface area contributed by atoms with E-state index in [0.717, 1.165) is 28.2 Å². The molecule has 0 aliphatic carbocycles. The van der Waals surface area contributed by atoms with Gasteiger partial charge in [-0.05, 0) is 48.0 Å². The lowest BCUT2D eigenvalue weighted by atomic mass is 10.0. The maximum Gasteiger partial charge on any atom is 0.336 e. The predicted octanol–water partition coefficient (Wildman–Crippen LogP) is 3.99. The van der Waals surface area contributed by atoms with Crippen molar-refractivity contribution in [3.8, 4) is 33.9 Å². The lowest BCUT2D eigenvalue weighted by molar-refractivity contribution is 0.414. The molecule has 1 aromatic heterocycles. The van der Waals surface area contributed by atoms with Crippen molar-refractivity contribution in [3.63, 3.8) is 0 Å². The van der Waals surface area contributed by atoms with Crippen molar-refractivity contribution < 1.29 is 13.9 Å². The maximum atomic E-state index is 11.7. The summed E-state index contributed by atoms with van der Waals surface area (Å²) < 4.78 is 15.8. The van der Waals surface area contributed by atoms with Gasteiger partial charge in [0.2, 0.25) is 0 Å². The van der Waals surface area contributed by atoms with Crippen LogP contribution >= 0.6 is 0 Å². The fourth-order valence-electron chi connectivity index (χ4n) is 2.37. The van der Waals surface area contributed by atoms with E-state index in [1.165, 1.54) is 6.07 Å². The molecular formula is C19H16O4. The second-order valence-electron chi connectivity index (χ2n) is 4.95. The molecule has 4 nitrogen and oxygen atoms in total. The van der Waals surface area contributed by atoms with Gasteiger partial charge in [0, 0.05) is 17.2 Å². The van der Waals surface area contributed by atoms with Crippen LogP contribution < -0.4 is 15.1 Å². The molecule has 0 amide bonds. The molecule has 0 spiro atoms. The number of hydrogen-bond donors (Lipinski definition) is 0. The Labute approximate surface area is 133 Å². The molecule has 0 fully saturated rings. The number of rotatable bonds is 4. The zero-order chi connectivity index (χ0) is 16.2. The van der Waals surface area contributed by atoms with E-state index >= 15 is 0 Å². The number of methoxy groups -OCH3 is 2. The largest absolute Gasteiger partial charge is 0.497 e. The molecule has 0 atom stereocenters. The van der Waals surface area contributed by atoms with Crippen molar-refractivity contribution in [1.29, 1.82) is 0 Å². The lowest BCUT2D eigenvalue weighted by Crippen LogP contribution is -1.98. The smallest absolute Gasteiger partial charge is 0.336 e. The molecule has 23 heavy (non-hydrogen) atoms. The second kappa shape index (κ2) is 6.40. The first-order chi connectivity index (χ1) is 11.2. The summed E-state index contributed by atoms with van der Waals surface area (Å²) in [6, 6.07) is 18.2. The molecule has 4 heteroatoms. The Bertz CT molecular complexity index is 846. The quantitative estimate of drug-likeness (QED) is 0.731. The Hall–Kier alpha value is -3.01. The van der Waals surface area contributed by atoms with E-state index < -0.39 is 0 Å². The molecular weight excluding hydrogens is 292 g/mol. The Morgan fingerprint density at radius 2 is 1.22 bits per heavy atom. The van der Waals surface area contributed by atoms with E-state index in [0.29, 0.717) is 5.76 Å². The van der Waals surface area contributed by atoms with Crippen LogP contribution in [0, 0.1) is 0 Å². The van der Waals surface area contributed by atoms with Gasteiger partial charge in [-0.3, -0.25) is 0 Å². The van der Waals surface area contributed by atoms with E-state index in [4.69, 9.17) is 13.9 Å². The standard InChI is InChI=1S/C19H16O4/c1-21-15-7-3-13(4-8-15)17-11-12-18(20)23-19(17)14-5-9-16(22-2)10-6-14/h3-12H,1-2H3. The lowest BCUT2D eigenvalue weighted by Gasteiger charge is -2.09. The Balaban J connectivity index is 2.11. The minimum Gasteiger partial charge on any atom is -0.497 e. The van der Waals surface area contributed by atoms with Crippen LogP contribution in [-0.4, -0.2) is 14.2 Å². The molecule has 0 unspecified atom stereocenters. The van der Waals surface area contributed by atoms with Crippen molar-refractivity contribution in [2.45, 2.75) is 0 Å². The summed E-state index contributed by atoms with van der Waals surface area (Å²) in [7, 11) is 3.24. The van der Waals surface area contributed by atoms with E-state index in [9.17, 15) is 4.79 Å². The van der Waals surface area contributed by atoms with Gasteiger partial charge in [0.25, 0.3) is 0 Å². The van der Waals surface area contributed by atoms with Crippen LogP contribution in [0.4, 0.5) is 0 Å². The average Bonchev–Trinajstić information content (AvgIpc) is 2.62. The third-order valence-electron chi connectivity index (χ3n) is 3.59. The summed E-state index contributed by atoms with van der Waals surface area (Å²) >= 11 is 0. The van der Waals surface area contributed by atoms with Gasteiger partial charge >= 0.3 is 5.63 Å². The van der Waals surface area contributed by atoms with Gasteiger partial charge in [0.05, 0.1) is 14.2 Å². The van der Waals surface area contributed by atoms with Crippen molar-refractivity contribution in [2.24, 2.45) is 0 Å². The highest BCUT2D eigenvalue weighted by atomic mass is 16.5. The minimum atomic E-state index is -0.381. The Kier molecular flexibility index (Phi) is 4.15. The molecule has 0 radical (unpaired) electrons. The highest BCUT2D eigenvalue weighted by molar-refractivity contribution is 5.79. The third kappa shape index (κ3) is 3.11. The molecule has 116 valence electrons. The first-order valence-electron chi connectivity index (χ1n) is 7.14. The summed E-state index contributed by atoms with van der Waals surface area (Å²) in [6.45, 7) is 0. The van der Waals surface area contributed by atoms with Gasteiger partial charge in [-0.25, -0.2) is 4.79 Å². The Morgan fingerprint density at radius 1 is 0.696 bits per heavy atom. The van der Waals surface area contributed by atoms with Crippen LogP contribution in [0.15, 0.2) is 69.9 Å². The van der Waals surface area contributed by atoms with E-state index in [1.54, 1.807) is 20.3 Å². The fourth-order valence-corrected chi connectivity index (χ4v) is 2.37. The average molecular weight is 308 g/mol. The molecule has 0 aliphatic rings. The molecule has 0 saturated carbocycles. The van der Waals surface area contributed by atoms with Crippen molar-refractivity contribution in [2.75, 3.05) is 14.2 Å². The highest BCUT2D eigenvalue weighted by Crippen LogP contribution is 2.32. The zero-order valence-corrected chi connectivity index (χ0v) is 12.9. The van der Waals surface area contributed by atoms with Crippen LogP contribution in [0.2, 0.25) is 0 Å². The molecule has 1 heterocycles. The molecule has 0 N–H and O–H groups in total. The van der Waals surface area contributed by atoms with Gasteiger partial charge in [0.1, 0.15) is 17.3 Å². The van der Waals surface area contributed by atoms with E-state index in [-0.39, 0.29) is 5.63 Å². The summed E-state index contributed by atoms with van der Waals surface area (Å²) in [6.07, 6.45) is 0. The third-order valence-corrected chi connectivity index (χ3v) is 3.59. The predicted molar refractivity (Wildman–Crippen MR) is 89.0 cm³/mol. The van der Waals surface area contributed by atoms with Crippen molar-refractivity contribution in [3.05, 3.63) is 71.1 Å². The fraction of sp³-hybridized carbons (Fsp3) is 0.105. The molecule has 0 bridgehead atoms. The second-order valence-corrected chi connectivity index (χ2v) is 4.95. The topological polar surface area (TPSA) is 48.7 Å². The Morgan fingerprint density at radius 3 is 1.74 bits per heavy atom. The SMILES string of the molecule is COc1ccc(-c2ccc(=O)oc2-c2ccc(OC)cc2)cc1. The van der Waals surface area contributed by atoms with Crippen LogP contribution in [0.25, 0.3) is 22.5 Å². The van der Waals surface area contributed by atoms with Gasteiger partial charge < -0.3 is 13.9 Å². The van der Waals surface area contributed by atoms with Gasteiger partial charge in [0.15, 0.2) is 0 Å². The van der Waals surface area contributed by atoms with Gasteiger partial charge in [-0.2, -0.15) is 0 Å². The first-order valence-corrected chi connectivity index (χ1v) is 7.14. The number of benzene rings is 2. The van der Waals surface area contributed by atoms with Gasteiger partial charge in [-0.15, -0.1) is 0 Å².